The first kappa shape index (κ1) is 13.1. The van der Waals surface area contributed by atoms with Crippen LogP contribution in [0.25, 0.3) is 0 Å². The molecule has 0 spiro atoms. The summed E-state index contributed by atoms with van der Waals surface area (Å²) < 4.78 is 7.89. The fourth-order valence-corrected chi connectivity index (χ4v) is 3.03. The molecule has 0 atom stereocenters. The van der Waals surface area contributed by atoms with E-state index in [1.807, 2.05) is 0 Å². The molecule has 3 heteroatoms. The van der Waals surface area contributed by atoms with Crippen molar-refractivity contribution < 1.29 is 4.74 Å². The number of anilines is 1. The molecule has 0 amide bonds. The number of aryl methyl sites for hydroxylation is 1. The Morgan fingerprint density at radius 3 is 2.85 bits per heavy atom. The molecule has 3 rings (SSSR count). The van der Waals surface area contributed by atoms with Gasteiger partial charge in [-0.25, -0.2) is 0 Å². The third kappa shape index (κ3) is 2.28. The van der Waals surface area contributed by atoms with Crippen LogP contribution in [0.3, 0.4) is 0 Å². The molecule has 0 fully saturated rings. The minimum absolute atomic E-state index is 0.816. The molecule has 3 nitrogen and oxygen atoms in total. The van der Waals surface area contributed by atoms with Gasteiger partial charge < -0.3 is 14.6 Å². The van der Waals surface area contributed by atoms with E-state index >= 15 is 0 Å². The highest BCUT2D eigenvalue weighted by Gasteiger charge is 2.12. The van der Waals surface area contributed by atoms with Gasteiger partial charge >= 0.3 is 0 Å². The molecular formula is C17H22N2O. The number of hydrogen-bond donors (Lipinski definition) is 1. The summed E-state index contributed by atoms with van der Waals surface area (Å²) in [6.45, 7) is 9.29. The Morgan fingerprint density at radius 2 is 2.10 bits per heavy atom. The van der Waals surface area contributed by atoms with E-state index in [0.29, 0.717) is 0 Å². The molecule has 1 aliphatic rings. The number of benzene rings is 1. The van der Waals surface area contributed by atoms with E-state index in [1.165, 1.54) is 28.2 Å². The minimum Gasteiger partial charge on any atom is -0.493 e. The van der Waals surface area contributed by atoms with Crippen LogP contribution in [-0.4, -0.2) is 11.2 Å². The predicted molar refractivity (Wildman–Crippen MR) is 82.5 cm³/mol. The summed E-state index contributed by atoms with van der Waals surface area (Å²) in [7, 11) is 0. The van der Waals surface area contributed by atoms with Crippen molar-refractivity contribution in [3.05, 3.63) is 46.8 Å². The highest BCUT2D eigenvalue weighted by Crippen LogP contribution is 2.28. The van der Waals surface area contributed by atoms with Gasteiger partial charge in [-0.3, -0.25) is 0 Å². The second-order valence-electron chi connectivity index (χ2n) is 5.42. The average Bonchev–Trinajstić information content (AvgIpc) is 3.00. The van der Waals surface area contributed by atoms with Crippen molar-refractivity contribution in [3.8, 4) is 5.75 Å². The van der Waals surface area contributed by atoms with E-state index in [1.54, 1.807) is 0 Å². The zero-order valence-corrected chi connectivity index (χ0v) is 12.5. The normalized spacial score (nSPS) is 13.2. The van der Waals surface area contributed by atoms with Gasteiger partial charge in [0, 0.05) is 36.6 Å². The molecule has 0 saturated carbocycles. The number of hydrogen-bond acceptors (Lipinski definition) is 2. The number of ether oxygens (including phenoxy) is 1. The highest BCUT2D eigenvalue weighted by atomic mass is 16.5. The summed E-state index contributed by atoms with van der Waals surface area (Å²) in [5.41, 5.74) is 6.57. The molecule has 1 aromatic carbocycles. The van der Waals surface area contributed by atoms with Crippen LogP contribution < -0.4 is 10.1 Å². The van der Waals surface area contributed by atoms with Crippen molar-refractivity contribution in [2.75, 3.05) is 11.9 Å². The summed E-state index contributed by atoms with van der Waals surface area (Å²) in [6.07, 6.45) is 1.02. The van der Waals surface area contributed by atoms with Crippen molar-refractivity contribution >= 4 is 5.69 Å². The number of rotatable bonds is 4. The van der Waals surface area contributed by atoms with Gasteiger partial charge in [0.1, 0.15) is 5.75 Å². The Morgan fingerprint density at radius 1 is 1.25 bits per heavy atom. The van der Waals surface area contributed by atoms with Gasteiger partial charge in [0.2, 0.25) is 0 Å². The molecule has 1 N–H and O–H groups in total. The Kier molecular flexibility index (Phi) is 3.43. The molecule has 0 radical (unpaired) electrons. The molecule has 20 heavy (non-hydrogen) atoms. The van der Waals surface area contributed by atoms with Gasteiger partial charge in [-0.15, -0.1) is 0 Å². The molecule has 2 heterocycles. The van der Waals surface area contributed by atoms with E-state index in [0.717, 1.165) is 31.9 Å². The lowest BCUT2D eigenvalue weighted by molar-refractivity contribution is 0.357. The van der Waals surface area contributed by atoms with E-state index in [-0.39, 0.29) is 0 Å². The van der Waals surface area contributed by atoms with Crippen LogP contribution >= 0.6 is 0 Å². The first-order valence-corrected chi connectivity index (χ1v) is 7.34. The summed E-state index contributed by atoms with van der Waals surface area (Å²) in [4.78, 5) is 0. The molecule has 1 aliphatic heterocycles. The number of nitrogens with zero attached hydrogens (tertiary/aromatic N) is 1. The number of fused-ring (bicyclic) bond motifs is 1. The maximum absolute atomic E-state index is 5.54. The molecule has 0 saturated heterocycles. The van der Waals surface area contributed by atoms with Crippen LogP contribution in [0.15, 0.2) is 24.3 Å². The molecule has 106 valence electrons. The molecule has 0 unspecified atom stereocenters. The first-order valence-electron chi connectivity index (χ1n) is 7.34. The molecule has 0 aliphatic carbocycles. The van der Waals surface area contributed by atoms with Gasteiger partial charge in [0.05, 0.1) is 6.61 Å². The number of aromatic nitrogens is 1. The number of nitrogens with one attached hydrogen (secondary N) is 1. The van der Waals surface area contributed by atoms with Crippen molar-refractivity contribution in [1.82, 2.24) is 4.57 Å². The zero-order chi connectivity index (χ0) is 14.1. The highest BCUT2D eigenvalue weighted by molar-refractivity contribution is 5.52. The topological polar surface area (TPSA) is 26.2 Å². The van der Waals surface area contributed by atoms with Crippen LogP contribution in [0.4, 0.5) is 5.69 Å². The lowest BCUT2D eigenvalue weighted by atomic mass is 10.1. The Bertz CT molecular complexity index is 628. The van der Waals surface area contributed by atoms with Gasteiger partial charge in [-0.2, -0.15) is 0 Å². The van der Waals surface area contributed by atoms with Crippen molar-refractivity contribution in [1.29, 1.82) is 0 Å². The third-order valence-corrected chi connectivity index (χ3v) is 4.17. The minimum atomic E-state index is 0.816. The van der Waals surface area contributed by atoms with Gasteiger partial charge in [-0.1, -0.05) is 0 Å². The second-order valence-corrected chi connectivity index (χ2v) is 5.42. The fraction of sp³-hybridized carbons (Fsp3) is 0.412. The Hall–Kier alpha value is -1.90. The van der Waals surface area contributed by atoms with Crippen molar-refractivity contribution in [2.24, 2.45) is 0 Å². The van der Waals surface area contributed by atoms with E-state index in [2.05, 4.69) is 54.9 Å². The molecule has 1 aromatic heterocycles. The SMILES string of the molecule is CCn1c(C)cc(CNc2ccc3c(c2)CCO3)c1C. The van der Waals surface area contributed by atoms with Gasteiger partial charge in [0.25, 0.3) is 0 Å². The van der Waals surface area contributed by atoms with E-state index < -0.39 is 0 Å². The van der Waals surface area contributed by atoms with Crippen molar-refractivity contribution in [3.63, 3.8) is 0 Å². The maximum atomic E-state index is 5.54. The van der Waals surface area contributed by atoms with Crippen LogP contribution in [0.5, 0.6) is 5.75 Å². The molecule has 2 aromatic rings. The monoisotopic (exact) mass is 270 g/mol. The third-order valence-electron chi connectivity index (χ3n) is 4.17. The van der Waals surface area contributed by atoms with Gasteiger partial charge in [0.15, 0.2) is 0 Å². The summed E-state index contributed by atoms with van der Waals surface area (Å²) >= 11 is 0. The lowest BCUT2D eigenvalue weighted by Gasteiger charge is -2.09. The lowest BCUT2D eigenvalue weighted by Crippen LogP contribution is -2.03. The summed E-state index contributed by atoms with van der Waals surface area (Å²) in [6, 6.07) is 8.66. The Labute approximate surface area is 120 Å². The zero-order valence-electron chi connectivity index (χ0n) is 12.5. The average molecular weight is 270 g/mol. The second kappa shape index (κ2) is 5.23. The standard InChI is InChI=1S/C17H22N2O/c1-4-19-12(2)9-15(13(19)3)11-18-16-5-6-17-14(10-16)7-8-20-17/h5-6,9-10,18H,4,7-8,11H2,1-3H3. The quantitative estimate of drug-likeness (QED) is 0.917. The van der Waals surface area contributed by atoms with Crippen molar-refractivity contribution in [2.45, 2.75) is 40.3 Å². The van der Waals surface area contributed by atoms with Crippen LogP contribution in [-0.2, 0) is 19.5 Å². The van der Waals surface area contributed by atoms with Gasteiger partial charge in [-0.05, 0) is 56.2 Å². The van der Waals surface area contributed by atoms with Crippen LogP contribution in [0.1, 0.15) is 29.4 Å². The largest absolute Gasteiger partial charge is 0.493 e. The van der Waals surface area contributed by atoms with E-state index in [9.17, 15) is 0 Å². The predicted octanol–water partition coefficient (Wildman–Crippen LogP) is 3.67. The van der Waals surface area contributed by atoms with Crippen LogP contribution in [0.2, 0.25) is 0 Å². The maximum Gasteiger partial charge on any atom is 0.122 e. The molecular weight excluding hydrogens is 248 g/mol. The summed E-state index contributed by atoms with van der Waals surface area (Å²) in [5, 5.41) is 3.53. The Balaban J connectivity index is 1.73. The molecule has 0 bridgehead atoms. The van der Waals surface area contributed by atoms with Crippen LogP contribution in [0, 0.1) is 13.8 Å². The summed E-state index contributed by atoms with van der Waals surface area (Å²) in [5.74, 6) is 1.04. The van der Waals surface area contributed by atoms with E-state index in [4.69, 9.17) is 4.74 Å². The fourth-order valence-electron chi connectivity index (χ4n) is 3.03. The smallest absolute Gasteiger partial charge is 0.122 e. The first-order chi connectivity index (χ1) is 9.69.